The first kappa shape index (κ1) is 24.3. The number of urea groups is 1. The number of amides is 4. The summed E-state index contributed by atoms with van der Waals surface area (Å²) in [6.07, 6.45) is 3.56. The monoisotopic (exact) mass is 484 g/mol. The molecule has 1 fully saturated rings. The summed E-state index contributed by atoms with van der Waals surface area (Å²) in [6, 6.07) is 17.7. The van der Waals surface area contributed by atoms with Crippen LogP contribution in [0, 0.1) is 0 Å². The first-order valence-electron chi connectivity index (χ1n) is 11.1. The molecule has 0 spiro atoms. The highest BCUT2D eigenvalue weighted by atomic mass is 16.5. The second-order valence-corrected chi connectivity index (χ2v) is 7.95. The number of barbiturate groups is 1. The molecule has 0 radical (unpaired) electrons. The van der Waals surface area contributed by atoms with E-state index < -0.39 is 17.8 Å². The smallest absolute Gasteiger partial charge is 0.335 e. The van der Waals surface area contributed by atoms with Crippen molar-refractivity contribution in [3.05, 3.63) is 102 Å². The first-order valence-corrected chi connectivity index (χ1v) is 11.1. The van der Waals surface area contributed by atoms with Crippen LogP contribution in [-0.2, 0) is 22.6 Å². The van der Waals surface area contributed by atoms with Crippen molar-refractivity contribution in [2.45, 2.75) is 13.0 Å². The number of methoxy groups -OCH3 is 1. The molecule has 0 saturated carbocycles. The van der Waals surface area contributed by atoms with Gasteiger partial charge in [0.2, 0.25) is 0 Å². The van der Waals surface area contributed by atoms with Crippen LogP contribution in [0.4, 0.5) is 10.5 Å². The predicted molar refractivity (Wildman–Crippen MR) is 135 cm³/mol. The molecule has 3 aromatic rings. The van der Waals surface area contributed by atoms with Crippen LogP contribution in [-0.4, -0.2) is 30.1 Å². The molecule has 8 heteroatoms. The Kier molecular flexibility index (Phi) is 7.15. The zero-order valence-corrected chi connectivity index (χ0v) is 19.6. The molecule has 0 aromatic heterocycles. The average Bonchev–Trinajstić information content (AvgIpc) is 2.87. The van der Waals surface area contributed by atoms with Gasteiger partial charge in [-0.15, -0.1) is 6.58 Å². The average molecular weight is 485 g/mol. The number of ether oxygens (including phenoxy) is 2. The fourth-order valence-corrected chi connectivity index (χ4v) is 3.78. The SMILES string of the molecule is C=CCc1cc(/C=C2\C(=O)NC(=O)N(c3ccc(O)cc3)C2=O)cc(OC)c1OCc1ccccc1. The van der Waals surface area contributed by atoms with Crippen molar-refractivity contribution in [2.75, 3.05) is 12.0 Å². The summed E-state index contributed by atoms with van der Waals surface area (Å²) in [5.41, 5.74) is 2.23. The molecule has 36 heavy (non-hydrogen) atoms. The van der Waals surface area contributed by atoms with Crippen LogP contribution in [0.15, 0.2) is 85.0 Å². The van der Waals surface area contributed by atoms with Gasteiger partial charge < -0.3 is 14.6 Å². The highest BCUT2D eigenvalue weighted by molar-refractivity contribution is 6.39. The van der Waals surface area contributed by atoms with E-state index in [2.05, 4.69) is 11.9 Å². The van der Waals surface area contributed by atoms with Crippen LogP contribution in [0.2, 0.25) is 0 Å². The Bertz CT molecular complexity index is 1350. The van der Waals surface area contributed by atoms with Crippen molar-refractivity contribution in [1.29, 1.82) is 0 Å². The highest BCUT2D eigenvalue weighted by Gasteiger charge is 2.36. The zero-order valence-electron chi connectivity index (χ0n) is 19.6. The largest absolute Gasteiger partial charge is 0.508 e. The van der Waals surface area contributed by atoms with E-state index in [0.29, 0.717) is 30.1 Å². The summed E-state index contributed by atoms with van der Waals surface area (Å²) in [6.45, 7) is 4.13. The van der Waals surface area contributed by atoms with Gasteiger partial charge in [-0.25, -0.2) is 9.69 Å². The summed E-state index contributed by atoms with van der Waals surface area (Å²) in [5.74, 6) is -0.667. The number of carbonyl (C=O) groups is 3. The molecule has 2 N–H and O–H groups in total. The lowest BCUT2D eigenvalue weighted by atomic mass is 10.0. The second kappa shape index (κ2) is 10.6. The molecule has 0 unspecified atom stereocenters. The lowest BCUT2D eigenvalue weighted by Crippen LogP contribution is -2.54. The number of nitrogens with zero attached hydrogens (tertiary/aromatic N) is 1. The summed E-state index contributed by atoms with van der Waals surface area (Å²) < 4.78 is 11.6. The molecule has 4 amide bonds. The van der Waals surface area contributed by atoms with Crippen molar-refractivity contribution in [3.63, 3.8) is 0 Å². The molecule has 1 saturated heterocycles. The van der Waals surface area contributed by atoms with Gasteiger partial charge in [0.1, 0.15) is 17.9 Å². The number of allylic oxidation sites excluding steroid dienone is 1. The minimum atomic E-state index is -0.873. The zero-order chi connectivity index (χ0) is 25.7. The fraction of sp³-hybridized carbons (Fsp3) is 0.107. The van der Waals surface area contributed by atoms with E-state index in [1.165, 1.54) is 37.5 Å². The van der Waals surface area contributed by atoms with E-state index in [9.17, 15) is 19.5 Å². The van der Waals surface area contributed by atoms with Crippen molar-refractivity contribution in [3.8, 4) is 17.2 Å². The van der Waals surface area contributed by atoms with Crippen LogP contribution >= 0.6 is 0 Å². The molecule has 0 bridgehead atoms. The maximum absolute atomic E-state index is 13.2. The number of aromatic hydroxyl groups is 1. The normalized spacial score (nSPS) is 14.5. The summed E-state index contributed by atoms with van der Waals surface area (Å²) in [5, 5.41) is 11.7. The molecule has 182 valence electrons. The number of phenols is 1. The van der Waals surface area contributed by atoms with Crippen molar-refractivity contribution >= 4 is 29.6 Å². The van der Waals surface area contributed by atoms with Crippen LogP contribution < -0.4 is 19.7 Å². The number of phenolic OH excluding ortho intramolecular Hbond substituents is 1. The van der Waals surface area contributed by atoms with Gasteiger partial charge in [0, 0.05) is 5.56 Å². The fourth-order valence-electron chi connectivity index (χ4n) is 3.78. The maximum Gasteiger partial charge on any atom is 0.335 e. The molecule has 1 aliphatic rings. The Morgan fingerprint density at radius 2 is 1.75 bits per heavy atom. The van der Waals surface area contributed by atoms with Crippen LogP contribution in [0.5, 0.6) is 17.2 Å². The number of imide groups is 2. The standard InChI is InChI=1S/C28H24N2O6/c1-3-7-20-14-19(16-24(35-2)25(20)36-17-18-8-5-4-6-9-18)15-23-26(32)29-28(34)30(27(23)33)21-10-12-22(31)13-11-21/h3-6,8-16,31H,1,7,17H2,2H3,(H,29,32,34)/b23-15+. The van der Waals surface area contributed by atoms with Crippen molar-refractivity contribution in [1.82, 2.24) is 5.32 Å². The molecule has 3 aromatic carbocycles. The van der Waals surface area contributed by atoms with E-state index in [1.54, 1.807) is 18.2 Å². The molecular formula is C28H24N2O6. The van der Waals surface area contributed by atoms with Crippen LogP contribution in [0.25, 0.3) is 6.08 Å². The van der Waals surface area contributed by atoms with Gasteiger partial charge in [0.15, 0.2) is 11.5 Å². The number of anilines is 1. The Balaban J connectivity index is 1.70. The van der Waals surface area contributed by atoms with Crippen LogP contribution in [0.3, 0.4) is 0 Å². The number of hydrogen-bond acceptors (Lipinski definition) is 6. The second-order valence-electron chi connectivity index (χ2n) is 7.95. The summed E-state index contributed by atoms with van der Waals surface area (Å²) in [7, 11) is 1.50. The molecule has 4 rings (SSSR count). The van der Waals surface area contributed by atoms with E-state index in [4.69, 9.17) is 9.47 Å². The van der Waals surface area contributed by atoms with Crippen molar-refractivity contribution < 1.29 is 29.0 Å². The summed E-state index contributed by atoms with van der Waals surface area (Å²) >= 11 is 0. The third kappa shape index (κ3) is 5.12. The molecule has 0 atom stereocenters. The minimum absolute atomic E-state index is 0.0214. The molecular weight excluding hydrogens is 460 g/mol. The predicted octanol–water partition coefficient (Wildman–Crippen LogP) is 4.37. The van der Waals surface area contributed by atoms with Gasteiger partial charge in [-0.05, 0) is 60.0 Å². The molecule has 1 heterocycles. The lowest BCUT2D eigenvalue weighted by molar-refractivity contribution is -0.122. The Morgan fingerprint density at radius 3 is 2.42 bits per heavy atom. The molecule has 8 nitrogen and oxygen atoms in total. The van der Waals surface area contributed by atoms with Gasteiger partial charge >= 0.3 is 6.03 Å². The van der Waals surface area contributed by atoms with Gasteiger partial charge in [0.25, 0.3) is 11.8 Å². The Labute approximate surface area is 208 Å². The van der Waals surface area contributed by atoms with Crippen molar-refractivity contribution in [2.24, 2.45) is 0 Å². The minimum Gasteiger partial charge on any atom is -0.508 e. The number of carbonyl (C=O) groups excluding carboxylic acids is 3. The number of hydrogen-bond donors (Lipinski definition) is 2. The Morgan fingerprint density at radius 1 is 1.03 bits per heavy atom. The van der Waals surface area contributed by atoms with Gasteiger partial charge in [-0.3, -0.25) is 14.9 Å². The topological polar surface area (TPSA) is 105 Å². The van der Waals surface area contributed by atoms with E-state index in [0.717, 1.165) is 16.0 Å². The third-order valence-corrected chi connectivity index (χ3v) is 5.48. The molecule has 1 aliphatic heterocycles. The highest BCUT2D eigenvalue weighted by Crippen LogP contribution is 2.35. The Hall–Kier alpha value is -4.85. The summed E-state index contributed by atoms with van der Waals surface area (Å²) in [4.78, 5) is 39.0. The van der Waals surface area contributed by atoms with Gasteiger partial charge in [-0.2, -0.15) is 0 Å². The van der Waals surface area contributed by atoms with Crippen LogP contribution in [0.1, 0.15) is 16.7 Å². The number of rotatable bonds is 8. The maximum atomic E-state index is 13.2. The number of benzene rings is 3. The third-order valence-electron chi connectivity index (χ3n) is 5.48. The molecule has 0 aliphatic carbocycles. The first-order chi connectivity index (χ1) is 17.4. The van der Waals surface area contributed by atoms with E-state index >= 15 is 0 Å². The van der Waals surface area contributed by atoms with Gasteiger partial charge in [0.05, 0.1) is 12.8 Å². The quantitative estimate of drug-likeness (QED) is 0.279. The van der Waals surface area contributed by atoms with E-state index in [1.807, 2.05) is 30.3 Å². The number of nitrogens with one attached hydrogen (secondary N) is 1. The van der Waals surface area contributed by atoms with E-state index in [-0.39, 0.29) is 17.0 Å². The van der Waals surface area contributed by atoms with Gasteiger partial charge in [-0.1, -0.05) is 36.4 Å². The lowest BCUT2D eigenvalue weighted by Gasteiger charge is -2.26.